The third kappa shape index (κ3) is 2.07. The molecule has 0 fully saturated rings. The van der Waals surface area contributed by atoms with E-state index in [4.69, 9.17) is 4.98 Å². The standard InChI is InChI=1S/C25H16FN/c26-18-11-9-15(10-12-18)23-21-13-16-5-1-3-7-19(16)24(21)27-25-20-8-4-2-6-17(20)14-22(23)25/h1-12H,13-14H2. The molecule has 0 saturated carbocycles. The number of rotatable bonds is 1. The molecule has 0 bridgehead atoms. The average Bonchev–Trinajstić information content (AvgIpc) is 3.25. The van der Waals surface area contributed by atoms with Crippen LogP contribution in [0, 0.1) is 5.82 Å². The quantitative estimate of drug-likeness (QED) is 0.353. The van der Waals surface area contributed by atoms with Crippen molar-refractivity contribution in [2.24, 2.45) is 0 Å². The Labute approximate surface area is 157 Å². The first-order valence-corrected chi connectivity index (χ1v) is 9.28. The van der Waals surface area contributed by atoms with Gasteiger partial charge in [0.2, 0.25) is 0 Å². The Bertz CT molecular complexity index is 1150. The Morgan fingerprint density at radius 1 is 0.630 bits per heavy atom. The molecule has 6 rings (SSSR count). The molecule has 4 aromatic rings. The highest BCUT2D eigenvalue weighted by Gasteiger charge is 2.31. The van der Waals surface area contributed by atoms with Crippen LogP contribution in [0.2, 0.25) is 0 Å². The van der Waals surface area contributed by atoms with Gasteiger partial charge in [-0.1, -0.05) is 60.7 Å². The minimum atomic E-state index is -0.201. The van der Waals surface area contributed by atoms with Crippen molar-refractivity contribution in [2.45, 2.75) is 12.8 Å². The van der Waals surface area contributed by atoms with Crippen molar-refractivity contribution in [3.05, 3.63) is 101 Å². The van der Waals surface area contributed by atoms with Crippen LogP contribution in [0.15, 0.2) is 72.8 Å². The molecule has 0 radical (unpaired) electrons. The molecule has 2 heteroatoms. The van der Waals surface area contributed by atoms with E-state index in [2.05, 4.69) is 48.5 Å². The molecular weight excluding hydrogens is 333 g/mol. The van der Waals surface area contributed by atoms with Crippen LogP contribution in [0.5, 0.6) is 0 Å². The second-order valence-electron chi connectivity index (χ2n) is 7.32. The van der Waals surface area contributed by atoms with Gasteiger partial charge in [0.15, 0.2) is 0 Å². The fourth-order valence-corrected chi connectivity index (χ4v) is 4.61. The molecule has 0 aliphatic heterocycles. The minimum absolute atomic E-state index is 0.201. The van der Waals surface area contributed by atoms with E-state index in [1.165, 1.54) is 38.9 Å². The molecule has 1 aromatic heterocycles. The number of halogens is 1. The summed E-state index contributed by atoms with van der Waals surface area (Å²) in [7, 11) is 0. The first kappa shape index (κ1) is 14.9. The van der Waals surface area contributed by atoms with Crippen LogP contribution in [0.25, 0.3) is 33.6 Å². The van der Waals surface area contributed by atoms with Crippen molar-refractivity contribution in [3.8, 4) is 33.6 Å². The zero-order chi connectivity index (χ0) is 18.0. The number of hydrogen-bond donors (Lipinski definition) is 0. The highest BCUT2D eigenvalue weighted by molar-refractivity contribution is 5.91. The van der Waals surface area contributed by atoms with Crippen molar-refractivity contribution in [2.75, 3.05) is 0 Å². The van der Waals surface area contributed by atoms with E-state index in [1.807, 2.05) is 12.1 Å². The second-order valence-corrected chi connectivity index (χ2v) is 7.32. The molecule has 1 nitrogen and oxygen atoms in total. The molecule has 128 valence electrons. The maximum atomic E-state index is 13.6. The third-order valence-corrected chi connectivity index (χ3v) is 5.81. The van der Waals surface area contributed by atoms with Crippen molar-refractivity contribution in [1.82, 2.24) is 4.98 Å². The van der Waals surface area contributed by atoms with Gasteiger partial charge in [-0.15, -0.1) is 0 Å². The van der Waals surface area contributed by atoms with E-state index in [-0.39, 0.29) is 5.82 Å². The number of nitrogens with zero attached hydrogens (tertiary/aromatic N) is 1. The van der Waals surface area contributed by atoms with Crippen LogP contribution in [0.1, 0.15) is 22.3 Å². The Morgan fingerprint density at radius 2 is 1.15 bits per heavy atom. The Morgan fingerprint density at radius 3 is 1.70 bits per heavy atom. The summed E-state index contributed by atoms with van der Waals surface area (Å²) in [5, 5.41) is 0. The fraction of sp³-hybridized carbons (Fsp3) is 0.0800. The average molecular weight is 349 g/mol. The van der Waals surface area contributed by atoms with Gasteiger partial charge < -0.3 is 0 Å². The number of benzene rings is 3. The van der Waals surface area contributed by atoms with Gasteiger partial charge in [0.1, 0.15) is 5.82 Å². The molecule has 1 heterocycles. The van der Waals surface area contributed by atoms with Gasteiger partial charge in [0.25, 0.3) is 0 Å². The fourth-order valence-electron chi connectivity index (χ4n) is 4.61. The molecule has 0 N–H and O–H groups in total. The van der Waals surface area contributed by atoms with Crippen LogP contribution >= 0.6 is 0 Å². The lowest BCUT2D eigenvalue weighted by Crippen LogP contribution is -1.98. The Balaban J connectivity index is 1.70. The van der Waals surface area contributed by atoms with Gasteiger partial charge in [-0.2, -0.15) is 0 Å². The normalized spacial score (nSPS) is 13.1. The second kappa shape index (κ2) is 5.37. The largest absolute Gasteiger partial charge is 0.247 e. The predicted molar refractivity (Wildman–Crippen MR) is 106 cm³/mol. The molecule has 2 aliphatic rings. The molecule has 0 unspecified atom stereocenters. The monoisotopic (exact) mass is 349 g/mol. The number of fused-ring (bicyclic) bond motifs is 6. The maximum Gasteiger partial charge on any atom is 0.123 e. The predicted octanol–water partition coefficient (Wildman–Crippen LogP) is 6.03. The van der Waals surface area contributed by atoms with Gasteiger partial charge >= 0.3 is 0 Å². The van der Waals surface area contributed by atoms with Crippen molar-refractivity contribution in [3.63, 3.8) is 0 Å². The summed E-state index contributed by atoms with van der Waals surface area (Å²) < 4.78 is 13.6. The highest BCUT2D eigenvalue weighted by atomic mass is 19.1. The van der Waals surface area contributed by atoms with Crippen LogP contribution in [-0.2, 0) is 12.8 Å². The van der Waals surface area contributed by atoms with E-state index < -0.39 is 0 Å². The summed E-state index contributed by atoms with van der Waals surface area (Å²) in [6.45, 7) is 0. The molecule has 3 aromatic carbocycles. The molecule has 2 aliphatic carbocycles. The lowest BCUT2D eigenvalue weighted by molar-refractivity contribution is 0.628. The van der Waals surface area contributed by atoms with Gasteiger partial charge in [-0.05, 0) is 45.5 Å². The molecule has 27 heavy (non-hydrogen) atoms. The van der Waals surface area contributed by atoms with E-state index in [0.29, 0.717) is 0 Å². The SMILES string of the molecule is Fc1ccc(-c2c3c(nc4c2Cc2ccccc2-4)-c2ccccc2C3)cc1. The van der Waals surface area contributed by atoms with Crippen LogP contribution < -0.4 is 0 Å². The van der Waals surface area contributed by atoms with Crippen molar-refractivity contribution >= 4 is 0 Å². The van der Waals surface area contributed by atoms with Gasteiger partial charge in [0.05, 0.1) is 11.4 Å². The maximum absolute atomic E-state index is 13.6. The first-order chi connectivity index (χ1) is 13.3. The van der Waals surface area contributed by atoms with Gasteiger partial charge in [0, 0.05) is 24.0 Å². The molecular formula is C25H16FN. The van der Waals surface area contributed by atoms with Gasteiger partial charge in [-0.25, -0.2) is 9.37 Å². The van der Waals surface area contributed by atoms with Crippen molar-refractivity contribution in [1.29, 1.82) is 0 Å². The van der Waals surface area contributed by atoms with Crippen molar-refractivity contribution < 1.29 is 4.39 Å². The number of aromatic nitrogens is 1. The topological polar surface area (TPSA) is 12.9 Å². The van der Waals surface area contributed by atoms with E-state index in [0.717, 1.165) is 29.8 Å². The zero-order valence-corrected chi connectivity index (χ0v) is 14.7. The van der Waals surface area contributed by atoms with E-state index >= 15 is 0 Å². The molecule has 0 atom stereocenters. The summed E-state index contributed by atoms with van der Waals surface area (Å²) in [6, 6.07) is 23.9. The Hall–Kier alpha value is -3.26. The summed E-state index contributed by atoms with van der Waals surface area (Å²) in [5.74, 6) is -0.201. The summed E-state index contributed by atoms with van der Waals surface area (Å²) in [4.78, 5) is 5.15. The first-order valence-electron chi connectivity index (χ1n) is 9.28. The third-order valence-electron chi connectivity index (χ3n) is 5.81. The van der Waals surface area contributed by atoms with E-state index in [9.17, 15) is 4.39 Å². The lowest BCUT2D eigenvalue weighted by atomic mass is 9.92. The summed E-state index contributed by atoms with van der Waals surface area (Å²) in [5.41, 5.74) is 12.1. The Kier molecular flexibility index (Phi) is 2.96. The molecule has 0 amide bonds. The van der Waals surface area contributed by atoms with Crippen LogP contribution in [0.3, 0.4) is 0 Å². The van der Waals surface area contributed by atoms with E-state index in [1.54, 1.807) is 12.1 Å². The molecule has 0 saturated heterocycles. The smallest absolute Gasteiger partial charge is 0.123 e. The summed E-state index contributed by atoms with van der Waals surface area (Å²) in [6.07, 6.45) is 1.77. The zero-order valence-electron chi connectivity index (χ0n) is 14.7. The minimum Gasteiger partial charge on any atom is -0.247 e. The summed E-state index contributed by atoms with van der Waals surface area (Å²) >= 11 is 0. The highest BCUT2D eigenvalue weighted by Crippen LogP contribution is 2.48. The van der Waals surface area contributed by atoms with Gasteiger partial charge in [-0.3, -0.25) is 0 Å². The van der Waals surface area contributed by atoms with Crippen LogP contribution in [-0.4, -0.2) is 4.98 Å². The lowest BCUT2D eigenvalue weighted by Gasteiger charge is -2.15. The number of hydrogen-bond acceptors (Lipinski definition) is 1. The molecule has 0 spiro atoms. The number of pyridine rings is 1. The van der Waals surface area contributed by atoms with Crippen LogP contribution in [0.4, 0.5) is 4.39 Å².